The van der Waals surface area contributed by atoms with Crippen molar-refractivity contribution in [2.75, 3.05) is 0 Å². The Morgan fingerprint density at radius 1 is 1.62 bits per heavy atom. The smallest absolute Gasteiger partial charge is 0.110 e. The third kappa shape index (κ3) is 1.65. The molecular formula is C10H9BrN2. The molecule has 0 spiro atoms. The van der Waals surface area contributed by atoms with Gasteiger partial charge in [0.2, 0.25) is 0 Å². The zero-order valence-corrected chi connectivity index (χ0v) is 8.17. The maximum Gasteiger partial charge on any atom is 0.110 e. The number of aromatic nitrogens is 2. The molecule has 0 unspecified atom stereocenters. The van der Waals surface area contributed by atoms with E-state index in [2.05, 4.69) is 20.9 Å². The van der Waals surface area contributed by atoms with Crippen molar-refractivity contribution in [3.8, 4) is 5.69 Å². The molecule has 0 fully saturated rings. The summed E-state index contributed by atoms with van der Waals surface area (Å²) < 4.78 is 39.4. The van der Waals surface area contributed by atoms with Gasteiger partial charge in [0.15, 0.2) is 0 Å². The van der Waals surface area contributed by atoms with Crippen molar-refractivity contribution >= 4 is 15.9 Å². The van der Waals surface area contributed by atoms with Crippen molar-refractivity contribution in [2.45, 2.75) is 6.85 Å². The number of hydrogen-bond acceptors (Lipinski definition) is 1. The third-order valence-electron chi connectivity index (χ3n) is 1.60. The fourth-order valence-corrected chi connectivity index (χ4v) is 1.42. The zero-order chi connectivity index (χ0) is 13.5. The van der Waals surface area contributed by atoms with Gasteiger partial charge in [0, 0.05) is 26.6 Å². The molecule has 0 saturated heterocycles. The van der Waals surface area contributed by atoms with E-state index in [0.29, 0.717) is 5.69 Å². The van der Waals surface area contributed by atoms with Crippen LogP contribution in [0.2, 0.25) is 0 Å². The minimum atomic E-state index is -2.46. The van der Waals surface area contributed by atoms with Crippen LogP contribution in [0.15, 0.2) is 41.1 Å². The van der Waals surface area contributed by atoms with Gasteiger partial charge in [0.25, 0.3) is 0 Å². The summed E-state index contributed by atoms with van der Waals surface area (Å²) >= 11 is 3.28. The molecule has 0 aliphatic heterocycles. The largest absolute Gasteiger partial charge is 0.304 e. The molecule has 0 N–H and O–H groups in total. The summed E-state index contributed by atoms with van der Waals surface area (Å²) in [5, 5.41) is 0. The highest BCUT2D eigenvalue weighted by atomic mass is 79.9. The molecule has 3 heteroatoms. The van der Waals surface area contributed by atoms with Crippen LogP contribution < -0.4 is 0 Å². The first kappa shape index (κ1) is 4.42. The van der Waals surface area contributed by atoms with Crippen LogP contribution in [0.1, 0.15) is 12.7 Å². The van der Waals surface area contributed by atoms with Gasteiger partial charge >= 0.3 is 0 Å². The Bertz CT molecular complexity index is 590. The van der Waals surface area contributed by atoms with Gasteiger partial charge in [-0.1, -0.05) is 22.0 Å². The van der Waals surface area contributed by atoms with Crippen molar-refractivity contribution < 1.29 is 6.85 Å². The highest BCUT2D eigenvalue weighted by Crippen LogP contribution is 2.16. The summed E-state index contributed by atoms with van der Waals surface area (Å²) in [6.45, 7) is -2.46. The fourth-order valence-electron chi connectivity index (χ4n) is 1.03. The average molecular weight is 242 g/mol. The summed E-state index contributed by atoms with van der Waals surface area (Å²) in [5.41, 5.74) is 0.492. The molecule has 13 heavy (non-hydrogen) atoms. The number of benzene rings is 1. The van der Waals surface area contributed by atoms with Gasteiger partial charge in [-0.3, -0.25) is 0 Å². The van der Waals surface area contributed by atoms with E-state index in [9.17, 15) is 0 Å². The molecule has 0 radical (unpaired) electrons. The standard InChI is InChI=1S/C10H9BrN2/c1-8-12-5-6-13(8)10-4-2-3-9(11)7-10/h2-7H,1H3/i1D3,5D,6D. The molecule has 0 amide bonds. The molecular weight excluding hydrogens is 228 g/mol. The Labute approximate surface area is 92.4 Å². The van der Waals surface area contributed by atoms with Crippen LogP contribution in [0.5, 0.6) is 0 Å². The number of imidazole rings is 1. The van der Waals surface area contributed by atoms with Gasteiger partial charge in [-0.15, -0.1) is 0 Å². The Hall–Kier alpha value is -1.09. The second-order valence-electron chi connectivity index (χ2n) is 2.47. The Morgan fingerprint density at radius 3 is 3.31 bits per heavy atom. The first-order valence-corrected chi connectivity index (χ1v) is 4.42. The maximum atomic E-state index is 7.75. The SMILES string of the molecule is [2H]c1nc(C([2H])([2H])[2H])n(-c2cccc(Br)c2)c1[2H]. The topological polar surface area (TPSA) is 17.8 Å². The second-order valence-corrected chi connectivity index (χ2v) is 3.39. The predicted molar refractivity (Wildman–Crippen MR) is 56.0 cm³/mol. The quantitative estimate of drug-likeness (QED) is 0.751. The number of aryl methyl sites for hydroxylation is 1. The lowest BCUT2D eigenvalue weighted by Gasteiger charge is -2.04. The Morgan fingerprint density at radius 2 is 2.54 bits per heavy atom. The molecule has 0 atom stereocenters. The third-order valence-corrected chi connectivity index (χ3v) is 2.10. The molecule has 1 aromatic heterocycles. The van der Waals surface area contributed by atoms with Gasteiger partial charge in [-0.2, -0.15) is 0 Å². The first-order valence-electron chi connectivity index (χ1n) is 6.13. The van der Waals surface area contributed by atoms with E-state index >= 15 is 0 Å². The van der Waals surface area contributed by atoms with Crippen LogP contribution in [-0.4, -0.2) is 9.55 Å². The molecule has 0 aliphatic rings. The van der Waals surface area contributed by atoms with Gasteiger partial charge in [-0.25, -0.2) is 4.98 Å². The van der Waals surface area contributed by atoms with Crippen molar-refractivity contribution in [1.82, 2.24) is 9.55 Å². The number of halogens is 1. The van der Waals surface area contributed by atoms with Crippen molar-refractivity contribution in [3.63, 3.8) is 0 Å². The van der Waals surface area contributed by atoms with E-state index in [4.69, 9.17) is 6.85 Å². The average Bonchev–Trinajstić information content (AvgIpc) is 2.55. The van der Waals surface area contributed by atoms with Gasteiger partial charge in [0.05, 0.1) is 2.74 Å². The lowest BCUT2D eigenvalue weighted by molar-refractivity contribution is 0.974. The second kappa shape index (κ2) is 3.34. The van der Waals surface area contributed by atoms with E-state index in [1.807, 2.05) is 0 Å². The maximum absolute atomic E-state index is 7.75. The van der Waals surface area contributed by atoms with Gasteiger partial charge in [-0.05, 0) is 25.1 Å². The van der Waals surface area contributed by atoms with E-state index in [1.54, 1.807) is 24.3 Å². The molecule has 0 bridgehead atoms. The van der Waals surface area contributed by atoms with Crippen molar-refractivity contribution in [2.24, 2.45) is 0 Å². The van der Waals surface area contributed by atoms with Crippen molar-refractivity contribution in [1.29, 1.82) is 0 Å². The highest BCUT2D eigenvalue weighted by molar-refractivity contribution is 9.10. The van der Waals surface area contributed by atoms with Gasteiger partial charge in [0.1, 0.15) is 5.82 Å². The first-order chi connectivity index (χ1) is 8.30. The summed E-state index contributed by atoms with van der Waals surface area (Å²) in [7, 11) is 0. The van der Waals surface area contributed by atoms with E-state index in [1.165, 1.54) is 4.57 Å². The summed E-state index contributed by atoms with van der Waals surface area (Å²) in [6, 6.07) is 6.86. The lowest BCUT2D eigenvalue weighted by atomic mass is 10.3. The molecule has 2 rings (SSSR count). The number of nitrogens with zero attached hydrogens (tertiary/aromatic N) is 2. The van der Waals surface area contributed by atoms with E-state index in [0.717, 1.165) is 4.47 Å². The monoisotopic (exact) mass is 241 g/mol. The summed E-state index contributed by atoms with van der Waals surface area (Å²) in [4.78, 5) is 3.65. The predicted octanol–water partition coefficient (Wildman–Crippen LogP) is 2.94. The van der Waals surface area contributed by atoms with E-state index in [-0.39, 0.29) is 18.2 Å². The van der Waals surface area contributed by atoms with Gasteiger partial charge < -0.3 is 4.57 Å². The van der Waals surface area contributed by atoms with Crippen LogP contribution in [0.4, 0.5) is 0 Å². The van der Waals surface area contributed by atoms with E-state index < -0.39 is 6.85 Å². The van der Waals surface area contributed by atoms with Crippen LogP contribution in [-0.2, 0) is 0 Å². The summed E-state index contributed by atoms with van der Waals surface area (Å²) in [5.74, 6) is -0.268. The molecule has 66 valence electrons. The normalized spacial score (nSPS) is 16.8. The fraction of sp³-hybridized carbons (Fsp3) is 0.100. The molecule has 2 aromatic rings. The lowest BCUT2D eigenvalue weighted by Crippen LogP contribution is -1.94. The molecule has 0 saturated carbocycles. The minimum Gasteiger partial charge on any atom is -0.304 e. The number of hydrogen-bond donors (Lipinski definition) is 0. The number of rotatable bonds is 1. The Balaban J connectivity index is 2.70. The molecule has 1 aromatic carbocycles. The zero-order valence-electron chi connectivity index (χ0n) is 11.6. The van der Waals surface area contributed by atoms with Crippen molar-refractivity contribution in [3.05, 3.63) is 46.9 Å². The summed E-state index contributed by atoms with van der Waals surface area (Å²) in [6.07, 6.45) is -0.583. The van der Waals surface area contributed by atoms with Crippen LogP contribution in [0.25, 0.3) is 5.69 Å². The van der Waals surface area contributed by atoms with Crippen LogP contribution in [0, 0.1) is 6.85 Å². The van der Waals surface area contributed by atoms with Crippen LogP contribution in [0.3, 0.4) is 0 Å². The molecule has 2 nitrogen and oxygen atoms in total. The Kier molecular flexibility index (Phi) is 1.14. The molecule has 1 heterocycles. The van der Waals surface area contributed by atoms with Crippen LogP contribution >= 0.6 is 15.9 Å². The minimum absolute atomic E-state index is 0.237. The molecule has 0 aliphatic carbocycles. The highest BCUT2D eigenvalue weighted by Gasteiger charge is 1.99.